The molecule has 0 aromatic carbocycles. The van der Waals surface area contributed by atoms with E-state index >= 15 is 0 Å². The third kappa shape index (κ3) is 2.30. The molecule has 0 amide bonds. The normalized spacial score (nSPS) is 38.4. The lowest BCUT2D eigenvalue weighted by atomic mass is 9.41. The second-order valence-electron chi connectivity index (χ2n) is 5.27. The molecule has 13 heavy (non-hydrogen) atoms. The molecule has 2 aliphatic rings. The number of unbranched alkanes of at least 4 members (excludes halogenated alkanes) is 1. The van der Waals surface area contributed by atoms with Crippen molar-refractivity contribution >= 4 is 7.28 Å². The molecule has 2 heterocycles. The van der Waals surface area contributed by atoms with Crippen LogP contribution in [0.3, 0.4) is 0 Å². The zero-order chi connectivity index (χ0) is 9.10. The molecule has 1 heteroatoms. The molecule has 0 radical (unpaired) electrons. The van der Waals surface area contributed by atoms with Crippen LogP contribution in [0.5, 0.6) is 0 Å². The molecule has 0 spiro atoms. The molecule has 2 aliphatic heterocycles. The molecular weight excluding hydrogens is 155 g/mol. The van der Waals surface area contributed by atoms with Crippen LogP contribution in [0.15, 0.2) is 0 Å². The van der Waals surface area contributed by atoms with E-state index in [0.717, 1.165) is 17.6 Å². The molecule has 0 aliphatic carbocycles. The van der Waals surface area contributed by atoms with Gasteiger partial charge in [0, 0.05) is 0 Å². The van der Waals surface area contributed by atoms with Crippen molar-refractivity contribution in [2.75, 3.05) is 0 Å². The average Bonchev–Trinajstić information content (AvgIpc) is 2.18. The minimum atomic E-state index is 1.12. The Morgan fingerprint density at radius 3 is 2.92 bits per heavy atom. The van der Waals surface area contributed by atoms with E-state index in [1.807, 2.05) is 0 Å². The zero-order valence-corrected chi connectivity index (χ0v) is 9.10. The van der Waals surface area contributed by atoms with Crippen LogP contribution in [0, 0.1) is 5.92 Å². The van der Waals surface area contributed by atoms with Crippen molar-refractivity contribution in [3.05, 3.63) is 0 Å². The first-order valence-corrected chi connectivity index (χ1v) is 6.40. The number of hydrogen-bond acceptors (Lipinski definition) is 0. The van der Waals surface area contributed by atoms with E-state index in [0.29, 0.717) is 0 Å². The molecule has 0 saturated carbocycles. The van der Waals surface area contributed by atoms with E-state index in [1.165, 1.54) is 25.7 Å². The van der Waals surface area contributed by atoms with Gasteiger partial charge in [-0.25, -0.2) is 0 Å². The first-order chi connectivity index (χ1) is 6.40. The maximum atomic E-state index is 2.33. The maximum absolute atomic E-state index is 2.33. The second kappa shape index (κ2) is 4.53. The van der Waals surface area contributed by atoms with Crippen LogP contribution in [-0.4, -0.2) is 7.28 Å². The Balaban J connectivity index is 1.83. The molecule has 2 rings (SSSR count). The minimum Gasteiger partial charge on any atom is -0.0654 e. The summed E-state index contributed by atoms with van der Waals surface area (Å²) in [7, 11) is 1.59. The molecule has 0 aromatic heterocycles. The highest BCUT2D eigenvalue weighted by atomic mass is 14.3. The first-order valence-electron chi connectivity index (χ1n) is 6.40. The number of rotatable bonds is 3. The van der Waals surface area contributed by atoms with Gasteiger partial charge in [0.25, 0.3) is 0 Å². The van der Waals surface area contributed by atoms with Gasteiger partial charge in [0.1, 0.15) is 7.28 Å². The fourth-order valence-electron chi connectivity index (χ4n) is 3.55. The summed E-state index contributed by atoms with van der Waals surface area (Å²) in [5.41, 5.74) is 0. The van der Waals surface area contributed by atoms with Crippen LogP contribution in [0.2, 0.25) is 11.6 Å². The van der Waals surface area contributed by atoms with E-state index in [9.17, 15) is 0 Å². The van der Waals surface area contributed by atoms with Gasteiger partial charge >= 0.3 is 0 Å². The third-order valence-corrected chi connectivity index (χ3v) is 4.36. The molecule has 0 aromatic rings. The van der Waals surface area contributed by atoms with Gasteiger partial charge in [-0.15, -0.1) is 0 Å². The quantitative estimate of drug-likeness (QED) is 0.577. The van der Waals surface area contributed by atoms with Gasteiger partial charge < -0.3 is 0 Å². The van der Waals surface area contributed by atoms with E-state index in [1.54, 1.807) is 33.0 Å². The van der Waals surface area contributed by atoms with Gasteiger partial charge in [-0.1, -0.05) is 69.9 Å². The van der Waals surface area contributed by atoms with E-state index in [2.05, 4.69) is 6.92 Å². The highest BCUT2D eigenvalue weighted by Gasteiger charge is 2.33. The van der Waals surface area contributed by atoms with Gasteiger partial charge in [0.05, 0.1) is 0 Å². The average molecular weight is 178 g/mol. The molecule has 74 valence electrons. The molecular formula is C12H23B. The van der Waals surface area contributed by atoms with Crippen molar-refractivity contribution in [1.82, 2.24) is 0 Å². The van der Waals surface area contributed by atoms with Crippen molar-refractivity contribution in [3.8, 4) is 0 Å². The molecule has 3 atom stereocenters. The predicted octanol–water partition coefficient (Wildman–Crippen LogP) is 3.78. The molecule has 2 saturated heterocycles. The largest absolute Gasteiger partial charge is 0.127 e. The lowest BCUT2D eigenvalue weighted by molar-refractivity contribution is 0.319. The fourth-order valence-corrected chi connectivity index (χ4v) is 3.55. The number of hydrogen-bond donors (Lipinski definition) is 0. The lowest BCUT2D eigenvalue weighted by Gasteiger charge is -2.39. The Morgan fingerprint density at radius 2 is 2.08 bits per heavy atom. The Hall–Kier alpha value is 0.0649. The van der Waals surface area contributed by atoms with Gasteiger partial charge in [-0.05, 0) is 5.92 Å². The smallest absolute Gasteiger partial charge is 0.0654 e. The Labute approximate surface area is 83.7 Å². The monoisotopic (exact) mass is 178 g/mol. The van der Waals surface area contributed by atoms with Crippen molar-refractivity contribution in [3.63, 3.8) is 0 Å². The Morgan fingerprint density at radius 1 is 1.15 bits per heavy atom. The summed E-state index contributed by atoms with van der Waals surface area (Å²) in [5, 5.41) is 0. The van der Waals surface area contributed by atoms with E-state index in [-0.39, 0.29) is 0 Å². The molecule has 3 unspecified atom stereocenters. The number of fused-ring (bicyclic) bond motifs is 2. The van der Waals surface area contributed by atoms with Crippen LogP contribution in [0.4, 0.5) is 0 Å². The van der Waals surface area contributed by atoms with Crippen LogP contribution >= 0.6 is 0 Å². The molecule has 0 N–H and O–H groups in total. The highest BCUT2D eigenvalue weighted by molar-refractivity contribution is 6.40. The lowest BCUT2D eigenvalue weighted by Crippen LogP contribution is -2.28. The summed E-state index contributed by atoms with van der Waals surface area (Å²) in [6.45, 7) is 2.33. The second-order valence-corrected chi connectivity index (χ2v) is 5.27. The van der Waals surface area contributed by atoms with Crippen LogP contribution in [-0.2, 0) is 0 Å². The Bertz CT molecular complexity index is 153. The molecule has 2 bridgehead atoms. The van der Waals surface area contributed by atoms with Crippen molar-refractivity contribution in [2.45, 2.75) is 69.9 Å². The summed E-state index contributed by atoms with van der Waals surface area (Å²) in [5.74, 6) is 3.40. The Kier molecular flexibility index (Phi) is 3.35. The van der Waals surface area contributed by atoms with Gasteiger partial charge in [0.2, 0.25) is 0 Å². The van der Waals surface area contributed by atoms with Crippen LogP contribution < -0.4 is 0 Å². The van der Waals surface area contributed by atoms with Gasteiger partial charge in [0.15, 0.2) is 0 Å². The fraction of sp³-hybridized carbons (Fsp3) is 1.00. The summed E-state index contributed by atoms with van der Waals surface area (Å²) >= 11 is 0. The van der Waals surface area contributed by atoms with E-state index in [4.69, 9.17) is 0 Å². The SMILES string of the molecule is CCCCC1CCC2BC1CCC2. The standard InChI is InChI=1S/C12H23B/c1-2-3-5-10-8-9-11-6-4-7-12(10)13-11/h10-13H,2-9H2,1H3. The predicted molar refractivity (Wildman–Crippen MR) is 60.7 cm³/mol. The summed E-state index contributed by atoms with van der Waals surface area (Å²) in [6.07, 6.45) is 12.2. The zero-order valence-electron chi connectivity index (χ0n) is 9.10. The minimum absolute atomic E-state index is 1.12. The topological polar surface area (TPSA) is 0 Å². The van der Waals surface area contributed by atoms with Crippen molar-refractivity contribution < 1.29 is 0 Å². The summed E-state index contributed by atoms with van der Waals surface area (Å²) in [4.78, 5) is 0. The summed E-state index contributed by atoms with van der Waals surface area (Å²) in [6, 6.07) is 0. The van der Waals surface area contributed by atoms with Crippen LogP contribution in [0.25, 0.3) is 0 Å². The van der Waals surface area contributed by atoms with Crippen LogP contribution in [0.1, 0.15) is 58.3 Å². The van der Waals surface area contributed by atoms with E-state index < -0.39 is 0 Å². The van der Waals surface area contributed by atoms with Crippen molar-refractivity contribution in [1.29, 1.82) is 0 Å². The molecule has 0 nitrogen and oxygen atoms in total. The van der Waals surface area contributed by atoms with Gasteiger partial charge in [-0.2, -0.15) is 0 Å². The first kappa shape index (κ1) is 9.61. The van der Waals surface area contributed by atoms with Crippen molar-refractivity contribution in [2.24, 2.45) is 5.92 Å². The summed E-state index contributed by atoms with van der Waals surface area (Å²) < 4.78 is 0. The maximum Gasteiger partial charge on any atom is 0.127 e. The molecule has 2 fully saturated rings. The van der Waals surface area contributed by atoms with Gasteiger partial charge in [-0.3, -0.25) is 0 Å². The third-order valence-electron chi connectivity index (χ3n) is 4.36. The highest BCUT2D eigenvalue weighted by Crippen LogP contribution is 2.46.